The Kier molecular flexibility index (Phi) is 10.7. The summed E-state index contributed by atoms with van der Waals surface area (Å²) in [5.41, 5.74) is 1.45. The monoisotopic (exact) mass is 361 g/mol. The summed E-state index contributed by atoms with van der Waals surface area (Å²) in [5.74, 6) is 2.02. The fourth-order valence-corrected chi connectivity index (χ4v) is 2.99. The molecule has 146 valence electrons. The normalized spacial score (nSPS) is 14.3. The van der Waals surface area contributed by atoms with Gasteiger partial charge in [0.25, 0.3) is 0 Å². The fourth-order valence-electron chi connectivity index (χ4n) is 2.99. The van der Waals surface area contributed by atoms with E-state index in [0.29, 0.717) is 12.3 Å². The highest BCUT2D eigenvalue weighted by Crippen LogP contribution is 2.16. The fraction of sp³-hybridized carbons (Fsp3) is 0.636. The maximum absolute atomic E-state index is 11.6. The van der Waals surface area contributed by atoms with Crippen molar-refractivity contribution in [1.82, 2.24) is 4.90 Å². The van der Waals surface area contributed by atoms with Crippen molar-refractivity contribution in [1.29, 1.82) is 0 Å². The summed E-state index contributed by atoms with van der Waals surface area (Å²) in [6, 6.07) is 10.6. The van der Waals surface area contributed by atoms with Gasteiger partial charge in [0.1, 0.15) is 0 Å². The number of amides is 1. The predicted molar refractivity (Wildman–Crippen MR) is 109 cm³/mol. The average molecular weight is 362 g/mol. The smallest absolute Gasteiger partial charge is 0.336 e. The summed E-state index contributed by atoms with van der Waals surface area (Å²) >= 11 is 0. The van der Waals surface area contributed by atoms with Crippen LogP contribution in [0.3, 0.4) is 0 Å². The van der Waals surface area contributed by atoms with Crippen LogP contribution in [-0.2, 0) is 9.53 Å². The van der Waals surface area contributed by atoms with Gasteiger partial charge in [-0.3, -0.25) is 4.79 Å². The molecule has 0 N–H and O–H groups in total. The number of likely N-dealkylation sites (N-methyl/N-ethyl adjacent to an activating group) is 1. The van der Waals surface area contributed by atoms with E-state index in [9.17, 15) is 4.79 Å². The van der Waals surface area contributed by atoms with Gasteiger partial charge < -0.3 is 9.64 Å². The molecule has 1 unspecified atom stereocenters. The number of ether oxygens (including phenoxy) is 1. The minimum absolute atomic E-state index is 0.237. The van der Waals surface area contributed by atoms with Crippen molar-refractivity contribution < 1.29 is 14.1 Å². The number of hydrogen-bond donors (Lipinski definition) is 0. The molecule has 0 fully saturated rings. The standard InChI is InChI=1S/C12H23N2O2.C10H14/c1-4-11(15)13(6-3)7-8-14-9-10-16-12(14)5-2;1-3-9(2)10-7-5-4-6-8-10/h4-10H2,1-3H3;4-9H,3H2,1-2H3/q+1;. The molecule has 1 atom stereocenters. The maximum Gasteiger partial charge on any atom is 0.336 e. The summed E-state index contributed by atoms with van der Waals surface area (Å²) in [6.07, 6.45) is 2.76. The van der Waals surface area contributed by atoms with E-state index in [4.69, 9.17) is 4.74 Å². The Bertz CT molecular complexity index is 555. The highest BCUT2D eigenvalue weighted by Gasteiger charge is 2.22. The van der Waals surface area contributed by atoms with Gasteiger partial charge in [0.05, 0.1) is 13.0 Å². The van der Waals surface area contributed by atoms with Gasteiger partial charge in [-0.2, -0.15) is 4.58 Å². The van der Waals surface area contributed by atoms with Gasteiger partial charge in [0.2, 0.25) is 5.91 Å². The predicted octanol–water partition coefficient (Wildman–Crippen LogP) is 4.30. The summed E-state index contributed by atoms with van der Waals surface area (Å²) in [7, 11) is 0. The first-order chi connectivity index (χ1) is 12.6. The zero-order valence-corrected chi connectivity index (χ0v) is 17.3. The average Bonchev–Trinajstić information content (AvgIpc) is 3.16. The molecule has 1 heterocycles. The second kappa shape index (κ2) is 12.5. The van der Waals surface area contributed by atoms with E-state index in [1.54, 1.807) is 0 Å². The van der Waals surface area contributed by atoms with E-state index >= 15 is 0 Å². The molecule has 1 aliphatic heterocycles. The molecule has 0 aromatic heterocycles. The van der Waals surface area contributed by atoms with Crippen molar-refractivity contribution in [2.75, 3.05) is 32.8 Å². The molecule has 4 nitrogen and oxygen atoms in total. The van der Waals surface area contributed by atoms with Crippen LogP contribution in [0, 0.1) is 0 Å². The van der Waals surface area contributed by atoms with E-state index < -0.39 is 0 Å². The Hall–Kier alpha value is -1.84. The van der Waals surface area contributed by atoms with Crippen molar-refractivity contribution in [3.63, 3.8) is 0 Å². The molecular weight excluding hydrogens is 324 g/mol. The van der Waals surface area contributed by atoms with Crippen LogP contribution in [0.1, 0.15) is 65.4 Å². The Morgan fingerprint density at radius 3 is 2.42 bits per heavy atom. The molecule has 0 saturated heterocycles. The zero-order valence-electron chi connectivity index (χ0n) is 17.3. The van der Waals surface area contributed by atoms with Gasteiger partial charge in [-0.05, 0) is 24.8 Å². The lowest BCUT2D eigenvalue weighted by Crippen LogP contribution is -2.36. The summed E-state index contributed by atoms with van der Waals surface area (Å²) in [5, 5.41) is 0. The quantitative estimate of drug-likeness (QED) is 0.647. The van der Waals surface area contributed by atoms with Crippen molar-refractivity contribution >= 4 is 11.8 Å². The van der Waals surface area contributed by atoms with Crippen LogP contribution in [0.5, 0.6) is 0 Å². The third-order valence-electron chi connectivity index (χ3n) is 4.94. The van der Waals surface area contributed by atoms with E-state index in [1.807, 2.05) is 18.7 Å². The van der Waals surface area contributed by atoms with Crippen LogP contribution < -0.4 is 0 Å². The summed E-state index contributed by atoms with van der Waals surface area (Å²) < 4.78 is 7.75. The van der Waals surface area contributed by atoms with Gasteiger partial charge in [-0.1, -0.05) is 58.0 Å². The number of rotatable bonds is 8. The Morgan fingerprint density at radius 2 is 1.88 bits per heavy atom. The molecule has 1 amide bonds. The SMILES string of the molecule is CCC(=O)N(CC)CC[N+]1=C(CC)OCC1.CCC(C)c1ccccc1. The molecule has 0 spiro atoms. The lowest BCUT2D eigenvalue weighted by Gasteiger charge is -2.18. The number of hydrogen-bond acceptors (Lipinski definition) is 2. The third-order valence-corrected chi connectivity index (χ3v) is 4.94. The Balaban J connectivity index is 0.000000289. The molecule has 26 heavy (non-hydrogen) atoms. The summed E-state index contributed by atoms with van der Waals surface area (Å²) in [4.78, 5) is 13.5. The number of carbonyl (C=O) groups excluding carboxylic acids is 1. The van der Waals surface area contributed by atoms with Gasteiger partial charge >= 0.3 is 5.90 Å². The van der Waals surface area contributed by atoms with Gasteiger partial charge in [-0.25, -0.2) is 0 Å². The number of carbonyl (C=O) groups is 1. The van der Waals surface area contributed by atoms with Crippen LogP contribution in [-0.4, -0.2) is 54.1 Å². The first-order valence-corrected chi connectivity index (χ1v) is 10.1. The van der Waals surface area contributed by atoms with E-state index in [1.165, 1.54) is 12.0 Å². The number of nitrogens with zero attached hydrogens (tertiary/aromatic N) is 2. The molecule has 0 radical (unpaired) electrons. The Morgan fingerprint density at radius 1 is 1.19 bits per heavy atom. The molecule has 4 heteroatoms. The minimum Gasteiger partial charge on any atom is -0.441 e. The van der Waals surface area contributed by atoms with Crippen LogP contribution in [0.15, 0.2) is 30.3 Å². The van der Waals surface area contributed by atoms with Crippen molar-refractivity contribution in [3.05, 3.63) is 35.9 Å². The maximum atomic E-state index is 11.6. The topological polar surface area (TPSA) is 32.5 Å². The lowest BCUT2D eigenvalue weighted by atomic mass is 9.99. The largest absolute Gasteiger partial charge is 0.441 e. The number of benzene rings is 1. The van der Waals surface area contributed by atoms with Crippen LogP contribution in [0.4, 0.5) is 0 Å². The van der Waals surface area contributed by atoms with E-state index in [2.05, 4.69) is 55.7 Å². The van der Waals surface area contributed by atoms with Crippen molar-refractivity contribution in [2.24, 2.45) is 0 Å². The van der Waals surface area contributed by atoms with Gasteiger partial charge in [0.15, 0.2) is 19.7 Å². The summed E-state index contributed by atoms with van der Waals surface area (Å²) in [6.45, 7) is 14.8. The molecule has 2 rings (SSSR count). The van der Waals surface area contributed by atoms with Crippen LogP contribution in [0.25, 0.3) is 0 Å². The first-order valence-electron chi connectivity index (χ1n) is 10.1. The second-order valence-corrected chi connectivity index (χ2v) is 6.63. The van der Waals surface area contributed by atoms with E-state index in [0.717, 1.165) is 45.1 Å². The Labute approximate surface area is 159 Å². The van der Waals surface area contributed by atoms with Crippen molar-refractivity contribution in [2.45, 2.75) is 59.8 Å². The molecule has 1 aliphatic rings. The molecule has 0 bridgehead atoms. The molecule has 0 saturated carbocycles. The van der Waals surface area contributed by atoms with Gasteiger partial charge in [-0.15, -0.1) is 0 Å². The molecule has 1 aromatic carbocycles. The molecule has 1 aromatic rings. The van der Waals surface area contributed by atoms with Crippen LogP contribution >= 0.6 is 0 Å². The first kappa shape index (κ1) is 22.2. The zero-order chi connectivity index (χ0) is 19.4. The third kappa shape index (κ3) is 7.19. The second-order valence-electron chi connectivity index (χ2n) is 6.63. The van der Waals surface area contributed by atoms with Gasteiger partial charge in [0, 0.05) is 13.0 Å². The highest BCUT2D eigenvalue weighted by molar-refractivity contribution is 5.75. The highest BCUT2D eigenvalue weighted by atomic mass is 16.5. The van der Waals surface area contributed by atoms with Crippen LogP contribution in [0.2, 0.25) is 0 Å². The molecular formula is C22H37N2O2+. The van der Waals surface area contributed by atoms with E-state index in [-0.39, 0.29) is 5.91 Å². The molecule has 0 aliphatic carbocycles. The lowest BCUT2D eigenvalue weighted by molar-refractivity contribution is -0.519. The van der Waals surface area contributed by atoms with Crippen molar-refractivity contribution in [3.8, 4) is 0 Å². The minimum atomic E-state index is 0.237.